The van der Waals surface area contributed by atoms with E-state index < -0.39 is 0 Å². The molecule has 0 fully saturated rings. The quantitative estimate of drug-likeness (QED) is 0.322. The smallest absolute Gasteiger partial charge is 0.257 e. The second-order valence-corrected chi connectivity index (χ2v) is 8.40. The molecule has 2 N–H and O–H groups in total. The Hall–Kier alpha value is -3.43. The van der Waals surface area contributed by atoms with Crippen LogP contribution in [0.3, 0.4) is 0 Å². The molecular formula is C24H20BrN3O4S. The normalized spacial score (nSPS) is 10.7. The third-order valence-electron chi connectivity index (χ3n) is 4.97. The summed E-state index contributed by atoms with van der Waals surface area (Å²) in [6.07, 6.45) is 0. The van der Waals surface area contributed by atoms with Crippen molar-refractivity contribution >= 4 is 56.0 Å². The number of aryl methyl sites for hydroxylation is 1. The highest BCUT2D eigenvalue weighted by molar-refractivity contribution is 9.10. The van der Waals surface area contributed by atoms with Gasteiger partial charge >= 0.3 is 0 Å². The van der Waals surface area contributed by atoms with Crippen molar-refractivity contribution in [2.75, 3.05) is 19.5 Å². The summed E-state index contributed by atoms with van der Waals surface area (Å²) in [7, 11) is 3.17. The number of oxazole rings is 1. The molecular weight excluding hydrogens is 506 g/mol. The number of benzene rings is 3. The van der Waals surface area contributed by atoms with Gasteiger partial charge in [-0.15, -0.1) is 0 Å². The molecule has 1 heterocycles. The number of methoxy groups -OCH3 is 2. The summed E-state index contributed by atoms with van der Waals surface area (Å²) in [5, 5.41) is 5.96. The summed E-state index contributed by atoms with van der Waals surface area (Å²) in [6, 6.07) is 16.2. The zero-order valence-corrected chi connectivity index (χ0v) is 20.5. The van der Waals surface area contributed by atoms with Gasteiger partial charge in [0.25, 0.3) is 5.91 Å². The molecule has 0 bridgehead atoms. The molecule has 7 nitrogen and oxygen atoms in total. The van der Waals surface area contributed by atoms with Gasteiger partial charge in [0.15, 0.2) is 10.7 Å². The minimum Gasteiger partial charge on any atom is -0.497 e. The predicted molar refractivity (Wildman–Crippen MR) is 135 cm³/mol. The number of amides is 1. The zero-order chi connectivity index (χ0) is 23.5. The zero-order valence-electron chi connectivity index (χ0n) is 18.1. The van der Waals surface area contributed by atoms with Crippen molar-refractivity contribution in [3.8, 4) is 23.0 Å². The van der Waals surface area contributed by atoms with Crippen molar-refractivity contribution < 1.29 is 18.7 Å². The van der Waals surface area contributed by atoms with E-state index in [1.165, 1.54) is 0 Å². The molecule has 0 atom stereocenters. The van der Waals surface area contributed by atoms with Crippen molar-refractivity contribution in [1.29, 1.82) is 0 Å². The van der Waals surface area contributed by atoms with Gasteiger partial charge in [-0.3, -0.25) is 10.1 Å². The Morgan fingerprint density at radius 2 is 1.88 bits per heavy atom. The molecule has 3 aromatic carbocycles. The maximum absolute atomic E-state index is 12.6. The van der Waals surface area contributed by atoms with E-state index in [-0.39, 0.29) is 11.0 Å². The van der Waals surface area contributed by atoms with Gasteiger partial charge in [0.2, 0.25) is 5.89 Å². The van der Waals surface area contributed by atoms with Gasteiger partial charge in [-0.1, -0.05) is 6.07 Å². The summed E-state index contributed by atoms with van der Waals surface area (Å²) < 4.78 is 17.0. The average molecular weight is 526 g/mol. The lowest BCUT2D eigenvalue weighted by atomic mass is 10.1. The highest BCUT2D eigenvalue weighted by atomic mass is 79.9. The number of fused-ring (bicyclic) bond motifs is 1. The Morgan fingerprint density at radius 1 is 1.06 bits per heavy atom. The Balaban J connectivity index is 1.51. The van der Waals surface area contributed by atoms with E-state index in [0.717, 1.165) is 16.8 Å². The maximum atomic E-state index is 12.6. The van der Waals surface area contributed by atoms with E-state index in [0.29, 0.717) is 38.5 Å². The van der Waals surface area contributed by atoms with Crippen LogP contribution in [-0.4, -0.2) is 30.2 Å². The number of anilines is 1. The van der Waals surface area contributed by atoms with Crippen LogP contribution in [-0.2, 0) is 0 Å². The highest BCUT2D eigenvalue weighted by Crippen LogP contribution is 2.30. The van der Waals surface area contributed by atoms with E-state index in [1.807, 2.05) is 43.3 Å². The van der Waals surface area contributed by atoms with Gasteiger partial charge < -0.3 is 19.2 Å². The van der Waals surface area contributed by atoms with Crippen molar-refractivity contribution in [2.24, 2.45) is 0 Å². The largest absolute Gasteiger partial charge is 0.497 e. The summed E-state index contributed by atoms with van der Waals surface area (Å²) in [5.41, 5.74) is 4.25. The van der Waals surface area contributed by atoms with Gasteiger partial charge in [-0.2, -0.15) is 0 Å². The van der Waals surface area contributed by atoms with Crippen LogP contribution in [0.1, 0.15) is 15.9 Å². The lowest BCUT2D eigenvalue weighted by Gasteiger charge is -2.13. The Kier molecular flexibility index (Phi) is 6.62. The number of aromatic nitrogens is 1. The summed E-state index contributed by atoms with van der Waals surface area (Å²) in [4.78, 5) is 17.1. The number of rotatable bonds is 5. The first kappa shape index (κ1) is 22.8. The Labute approximate surface area is 204 Å². The molecule has 0 aliphatic carbocycles. The first-order chi connectivity index (χ1) is 15.9. The monoisotopic (exact) mass is 525 g/mol. The first-order valence-electron chi connectivity index (χ1n) is 9.89. The fourth-order valence-electron chi connectivity index (χ4n) is 3.18. The molecule has 4 aromatic rings. The second-order valence-electron chi connectivity index (χ2n) is 7.14. The van der Waals surface area contributed by atoms with Gasteiger partial charge in [0.05, 0.1) is 18.7 Å². The third kappa shape index (κ3) is 4.99. The highest BCUT2D eigenvalue weighted by Gasteiger charge is 2.14. The van der Waals surface area contributed by atoms with Gasteiger partial charge in [0.1, 0.15) is 17.0 Å². The maximum Gasteiger partial charge on any atom is 0.257 e. The minimum atomic E-state index is -0.336. The Morgan fingerprint density at radius 3 is 2.61 bits per heavy atom. The molecule has 0 spiro atoms. The second kappa shape index (κ2) is 9.60. The lowest BCUT2D eigenvalue weighted by Crippen LogP contribution is -2.34. The molecule has 1 amide bonds. The molecule has 33 heavy (non-hydrogen) atoms. The van der Waals surface area contributed by atoms with Crippen molar-refractivity contribution in [1.82, 2.24) is 10.3 Å². The van der Waals surface area contributed by atoms with Gasteiger partial charge in [0, 0.05) is 22.9 Å². The van der Waals surface area contributed by atoms with E-state index in [1.54, 1.807) is 32.4 Å². The van der Waals surface area contributed by atoms with Crippen molar-refractivity contribution in [2.45, 2.75) is 6.92 Å². The molecule has 0 radical (unpaired) electrons. The van der Waals surface area contributed by atoms with Crippen LogP contribution in [0.5, 0.6) is 11.5 Å². The van der Waals surface area contributed by atoms with Crippen LogP contribution in [0.15, 0.2) is 63.5 Å². The average Bonchev–Trinajstić information content (AvgIpc) is 3.23. The van der Waals surface area contributed by atoms with Crippen molar-refractivity contribution in [3.63, 3.8) is 0 Å². The molecule has 0 aliphatic heterocycles. The molecule has 0 saturated heterocycles. The van der Waals surface area contributed by atoms with E-state index in [2.05, 4.69) is 31.5 Å². The number of halogens is 1. The minimum absolute atomic E-state index is 0.175. The summed E-state index contributed by atoms with van der Waals surface area (Å²) in [6.45, 7) is 1.94. The SMILES string of the molecule is COc1ccc2oc(-c3ccc(C)c(NC(=S)NC(=O)c4ccc(OC)c(Br)c4)c3)nc2c1. The fourth-order valence-corrected chi connectivity index (χ4v) is 3.93. The molecule has 168 valence electrons. The number of nitrogens with one attached hydrogen (secondary N) is 2. The molecule has 4 rings (SSSR count). The van der Waals surface area contributed by atoms with Crippen LogP contribution in [0.4, 0.5) is 5.69 Å². The van der Waals surface area contributed by atoms with E-state index >= 15 is 0 Å². The summed E-state index contributed by atoms with van der Waals surface area (Å²) in [5.74, 6) is 1.48. The number of hydrogen-bond acceptors (Lipinski definition) is 6. The third-order valence-corrected chi connectivity index (χ3v) is 5.79. The number of hydrogen-bond donors (Lipinski definition) is 2. The predicted octanol–water partition coefficient (Wildman–Crippen LogP) is 5.71. The topological polar surface area (TPSA) is 85.6 Å². The summed E-state index contributed by atoms with van der Waals surface area (Å²) >= 11 is 8.74. The number of carbonyl (C=O) groups is 1. The van der Waals surface area contributed by atoms with Crippen LogP contribution in [0.25, 0.3) is 22.6 Å². The van der Waals surface area contributed by atoms with Crippen LogP contribution < -0.4 is 20.1 Å². The number of ether oxygens (including phenoxy) is 2. The molecule has 0 aliphatic rings. The number of thiocarbonyl (C=S) groups is 1. The molecule has 0 unspecified atom stereocenters. The molecule has 9 heteroatoms. The van der Waals surface area contributed by atoms with Crippen molar-refractivity contribution in [3.05, 3.63) is 70.2 Å². The first-order valence-corrected chi connectivity index (χ1v) is 11.1. The van der Waals surface area contributed by atoms with Crippen LogP contribution >= 0.6 is 28.1 Å². The number of nitrogens with zero attached hydrogens (tertiary/aromatic N) is 1. The van der Waals surface area contributed by atoms with E-state index in [4.69, 9.17) is 26.1 Å². The van der Waals surface area contributed by atoms with Crippen LogP contribution in [0.2, 0.25) is 0 Å². The molecule has 1 aromatic heterocycles. The van der Waals surface area contributed by atoms with Crippen LogP contribution in [0, 0.1) is 6.92 Å². The molecule has 0 saturated carbocycles. The fraction of sp³-hybridized carbons (Fsp3) is 0.125. The van der Waals surface area contributed by atoms with Gasteiger partial charge in [-0.05, 0) is 83.1 Å². The standard InChI is InChI=1S/C24H20BrN3O4S/c1-13-4-5-15(23-26-19-12-16(30-2)7-9-21(19)32-23)11-18(13)27-24(33)28-22(29)14-6-8-20(31-3)17(25)10-14/h4-12H,1-3H3,(H2,27,28,29,33). The number of carbonyl (C=O) groups excluding carboxylic acids is 1. The Bertz CT molecular complexity index is 1370. The lowest BCUT2D eigenvalue weighted by molar-refractivity contribution is 0.0977. The van der Waals surface area contributed by atoms with Gasteiger partial charge in [-0.25, -0.2) is 4.98 Å². The van der Waals surface area contributed by atoms with E-state index in [9.17, 15) is 4.79 Å².